The van der Waals surface area contributed by atoms with E-state index in [9.17, 15) is 18.5 Å². The number of hydrogen-bond donors (Lipinski definition) is 0. The molecule has 0 fully saturated rings. The lowest BCUT2D eigenvalue weighted by Gasteiger charge is -2.11. The average Bonchev–Trinajstić information content (AvgIpc) is 3.29. The number of nitro groups is 1. The number of nitro benzene ring substituents is 1. The van der Waals surface area contributed by atoms with Crippen LogP contribution in [-0.2, 0) is 10.0 Å². The van der Waals surface area contributed by atoms with E-state index in [0.717, 1.165) is 0 Å². The summed E-state index contributed by atoms with van der Waals surface area (Å²) in [6, 6.07) is 15.9. The molecule has 2 heterocycles. The summed E-state index contributed by atoms with van der Waals surface area (Å²) < 4.78 is 33.8. The molecule has 10 heteroatoms. The SMILES string of the molecule is CN(N=Cc1ccc(-c2ccc([N+](=O)[O-])cc2)o1)C1=NS(=O)(=O)c2ccccc21. The first-order valence-electron chi connectivity index (χ1n) is 8.42. The molecule has 146 valence electrons. The van der Waals surface area contributed by atoms with Gasteiger partial charge in [-0.05, 0) is 36.4 Å². The molecule has 29 heavy (non-hydrogen) atoms. The second-order valence-corrected chi connectivity index (χ2v) is 7.73. The quantitative estimate of drug-likeness (QED) is 0.370. The number of amidine groups is 1. The van der Waals surface area contributed by atoms with Crippen LogP contribution in [-0.4, -0.2) is 37.4 Å². The maximum absolute atomic E-state index is 12.1. The Morgan fingerprint density at radius 3 is 2.55 bits per heavy atom. The number of furan rings is 1. The van der Waals surface area contributed by atoms with Crippen molar-refractivity contribution in [1.82, 2.24) is 5.01 Å². The molecule has 3 aromatic rings. The fourth-order valence-corrected chi connectivity index (χ4v) is 4.08. The van der Waals surface area contributed by atoms with Gasteiger partial charge in [0.15, 0.2) is 5.84 Å². The van der Waals surface area contributed by atoms with E-state index in [0.29, 0.717) is 22.6 Å². The van der Waals surface area contributed by atoms with E-state index in [1.165, 1.54) is 29.4 Å². The first-order chi connectivity index (χ1) is 13.8. The molecule has 1 aliphatic rings. The fraction of sp³-hybridized carbons (Fsp3) is 0.0526. The number of hydrogen-bond acceptors (Lipinski definition) is 7. The Balaban J connectivity index is 1.54. The molecule has 0 saturated carbocycles. The van der Waals surface area contributed by atoms with Crippen LogP contribution in [0, 0.1) is 10.1 Å². The molecule has 0 saturated heterocycles. The van der Waals surface area contributed by atoms with Gasteiger partial charge in [-0.2, -0.15) is 13.5 Å². The zero-order valence-electron chi connectivity index (χ0n) is 15.1. The van der Waals surface area contributed by atoms with Crippen LogP contribution in [0.25, 0.3) is 11.3 Å². The van der Waals surface area contributed by atoms with Crippen LogP contribution < -0.4 is 0 Å². The van der Waals surface area contributed by atoms with Gasteiger partial charge in [0, 0.05) is 30.3 Å². The van der Waals surface area contributed by atoms with Crippen LogP contribution >= 0.6 is 0 Å². The highest BCUT2D eigenvalue weighted by atomic mass is 32.2. The second-order valence-electron chi connectivity index (χ2n) is 6.16. The summed E-state index contributed by atoms with van der Waals surface area (Å²) in [7, 11) is -2.13. The zero-order chi connectivity index (χ0) is 20.6. The summed E-state index contributed by atoms with van der Waals surface area (Å²) in [5, 5.41) is 16.3. The van der Waals surface area contributed by atoms with Gasteiger partial charge in [0.2, 0.25) is 0 Å². The number of rotatable bonds is 4. The third kappa shape index (κ3) is 3.52. The first kappa shape index (κ1) is 18.6. The predicted octanol–water partition coefficient (Wildman–Crippen LogP) is 3.27. The van der Waals surface area contributed by atoms with Gasteiger partial charge in [-0.1, -0.05) is 12.1 Å². The molecule has 2 aromatic carbocycles. The molecule has 0 spiro atoms. The number of hydrazone groups is 1. The van der Waals surface area contributed by atoms with Crippen LogP contribution in [0.15, 0.2) is 79.5 Å². The van der Waals surface area contributed by atoms with Crippen molar-refractivity contribution in [3.8, 4) is 11.3 Å². The number of fused-ring (bicyclic) bond motifs is 1. The molecule has 0 aliphatic carbocycles. The highest BCUT2D eigenvalue weighted by Gasteiger charge is 2.30. The maximum atomic E-state index is 12.1. The van der Waals surface area contributed by atoms with Gasteiger partial charge in [0.25, 0.3) is 15.7 Å². The predicted molar refractivity (Wildman–Crippen MR) is 106 cm³/mol. The monoisotopic (exact) mass is 410 g/mol. The maximum Gasteiger partial charge on any atom is 0.285 e. The van der Waals surface area contributed by atoms with Crippen LogP contribution in [0.2, 0.25) is 0 Å². The Kier molecular flexibility index (Phi) is 4.47. The van der Waals surface area contributed by atoms with Gasteiger partial charge < -0.3 is 4.42 Å². The normalized spacial score (nSPS) is 14.6. The molecule has 1 aliphatic heterocycles. The largest absolute Gasteiger partial charge is 0.455 e. The van der Waals surface area contributed by atoms with Crippen molar-refractivity contribution >= 4 is 27.8 Å². The molecule has 0 unspecified atom stereocenters. The smallest absolute Gasteiger partial charge is 0.285 e. The molecule has 1 aromatic heterocycles. The van der Waals surface area contributed by atoms with Gasteiger partial charge >= 0.3 is 0 Å². The molecule has 0 bridgehead atoms. The number of nitrogens with zero attached hydrogens (tertiary/aromatic N) is 4. The summed E-state index contributed by atoms with van der Waals surface area (Å²) >= 11 is 0. The van der Waals surface area contributed by atoms with Gasteiger partial charge in [-0.3, -0.25) is 10.1 Å². The summed E-state index contributed by atoms with van der Waals surface area (Å²) in [5.41, 5.74) is 1.17. The van der Waals surface area contributed by atoms with Crippen LogP contribution in [0.4, 0.5) is 5.69 Å². The molecule has 4 rings (SSSR count). The van der Waals surface area contributed by atoms with Gasteiger partial charge in [0.05, 0.1) is 11.1 Å². The van der Waals surface area contributed by atoms with Crippen molar-refractivity contribution in [2.24, 2.45) is 9.50 Å². The van der Waals surface area contributed by atoms with Crippen LogP contribution in [0.3, 0.4) is 0 Å². The van der Waals surface area contributed by atoms with Crippen LogP contribution in [0.5, 0.6) is 0 Å². The first-order valence-corrected chi connectivity index (χ1v) is 9.86. The Labute approximate surface area is 165 Å². The minimum Gasteiger partial charge on any atom is -0.455 e. The lowest BCUT2D eigenvalue weighted by atomic mass is 10.1. The summed E-state index contributed by atoms with van der Waals surface area (Å²) in [6.07, 6.45) is 1.44. The summed E-state index contributed by atoms with van der Waals surface area (Å²) in [4.78, 5) is 10.4. The Bertz CT molecular complexity index is 1260. The average molecular weight is 410 g/mol. The number of sulfonamides is 1. The topological polar surface area (TPSA) is 118 Å². The third-order valence-corrected chi connectivity index (χ3v) is 5.59. The Morgan fingerprint density at radius 2 is 1.83 bits per heavy atom. The van der Waals surface area contributed by atoms with Crippen molar-refractivity contribution in [3.05, 3.63) is 82.1 Å². The van der Waals surface area contributed by atoms with E-state index < -0.39 is 14.9 Å². The number of non-ortho nitro benzene ring substituents is 1. The lowest BCUT2D eigenvalue weighted by molar-refractivity contribution is -0.384. The highest BCUT2D eigenvalue weighted by Crippen LogP contribution is 2.27. The van der Waals surface area contributed by atoms with Crippen molar-refractivity contribution in [3.63, 3.8) is 0 Å². The van der Waals surface area contributed by atoms with Crippen molar-refractivity contribution < 1.29 is 17.8 Å². The van der Waals surface area contributed by atoms with Gasteiger partial charge in [0.1, 0.15) is 16.4 Å². The standard InChI is InChI=1S/C19H14N4O5S/c1-22(19-16-4-2-3-5-18(16)29(26,27)21-19)20-12-15-10-11-17(28-15)13-6-8-14(9-7-13)23(24)25/h2-12H,1H3. The molecule has 0 N–H and O–H groups in total. The number of benzene rings is 2. The lowest BCUT2D eigenvalue weighted by Crippen LogP contribution is -2.21. The van der Waals surface area contributed by atoms with E-state index in [1.54, 1.807) is 49.5 Å². The van der Waals surface area contributed by atoms with Crippen molar-refractivity contribution in [2.75, 3.05) is 7.05 Å². The zero-order valence-corrected chi connectivity index (χ0v) is 15.9. The van der Waals surface area contributed by atoms with Crippen LogP contribution in [0.1, 0.15) is 11.3 Å². The van der Waals surface area contributed by atoms with E-state index in [-0.39, 0.29) is 16.4 Å². The summed E-state index contributed by atoms with van der Waals surface area (Å²) in [6.45, 7) is 0. The minimum absolute atomic E-state index is 0.00344. The molecule has 9 nitrogen and oxygen atoms in total. The minimum atomic E-state index is -3.72. The summed E-state index contributed by atoms with van der Waals surface area (Å²) in [5.74, 6) is 1.18. The van der Waals surface area contributed by atoms with E-state index >= 15 is 0 Å². The van der Waals surface area contributed by atoms with E-state index in [2.05, 4.69) is 9.50 Å². The van der Waals surface area contributed by atoms with Gasteiger partial charge in [-0.25, -0.2) is 5.01 Å². The molecular formula is C19H14N4O5S. The Hall–Kier alpha value is -3.79. The Morgan fingerprint density at radius 1 is 1.10 bits per heavy atom. The fourth-order valence-electron chi connectivity index (χ4n) is 2.84. The van der Waals surface area contributed by atoms with Crippen molar-refractivity contribution in [2.45, 2.75) is 4.90 Å². The van der Waals surface area contributed by atoms with Crippen molar-refractivity contribution in [1.29, 1.82) is 0 Å². The highest BCUT2D eigenvalue weighted by molar-refractivity contribution is 7.90. The third-order valence-electron chi connectivity index (χ3n) is 4.27. The van der Waals surface area contributed by atoms with E-state index in [4.69, 9.17) is 4.42 Å². The molecule has 0 atom stereocenters. The molecule has 0 radical (unpaired) electrons. The molecule has 0 amide bonds. The van der Waals surface area contributed by atoms with E-state index in [1.807, 2.05) is 0 Å². The second kappa shape index (κ2) is 6.99. The van der Waals surface area contributed by atoms with Gasteiger partial charge in [-0.15, -0.1) is 4.40 Å². The molecular weight excluding hydrogens is 396 g/mol.